The third-order valence-corrected chi connectivity index (χ3v) is 3.24. The number of rotatable bonds is 5. The largest absolute Gasteiger partial charge is 0.393 e. The molecule has 2 N–H and O–H groups in total. The summed E-state index contributed by atoms with van der Waals surface area (Å²) in [6.45, 7) is 5.58. The van der Waals surface area contributed by atoms with Gasteiger partial charge in [0.1, 0.15) is 0 Å². The molecule has 1 aromatic rings. The first-order chi connectivity index (χ1) is 8.56. The lowest BCUT2D eigenvalue weighted by Crippen LogP contribution is -2.35. The molecule has 0 atom stereocenters. The fourth-order valence-corrected chi connectivity index (χ4v) is 2.21. The minimum absolute atomic E-state index is 0.0638. The molecule has 0 bridgehead atoms. The van der Waals surface area contributed by atoms with Gasteiger partial charge in [-0.3, -0.25) is 4.79 Å². The summed E-state index contributed by atoms with van der Waals surface area (Å²) in [5.41, 5.74) is -0.0638. The van der Waals surface area contributed by atoms with Crippen LogP contribution in [0, 0.1) is 11.8 Å². The van der Waals surface area contributed by atoms with Gasteiger partial charge in [-0.15, -0.1) is 0 Å². The summed E-state index contributed by atoms with van der Waals surface area (Å²) in [4.78, 5) is 16.2. The van der Waals surface area contributed by atoms with Crippen molar-refractivity contribution in [3.8, 4) is 0 Å². The SMILES string of the molecule is CC(C)Cn1ccnc(NCC2CC(O)C2)c1=O. The highest BCUT2D eigenvalue weighted by Crippen LogP contribution is 2.26. The molecule has 1 fully saturated rings. The van der Waals surface area contributed by atoms with Crippen LogP contribution in [0.25, 0.3) is 0 Å². The van der Waals surface area contributed by atoms with Crippen molar-refractivity contribution < 1.29 is 5.11 Å². The van der Waals surface area contributed by atoms with Gasteiger partial charge in [-0.1, -0.05) is 13.8 Å². The minimum atomic E-state index is -0.155. The lowest BCUT2D eigenvalue weighted by molar-refractivity contribution is 0.0486. The Morgan fingerprint density at radius 1 is 1.56 bits per heavy atom. The number of hydrogen-bond acceptors (Lipinski definition) is 4. The fourth-order valence-electron chi connectivity index (χ4n) is 2.21. The van der Waals surface area contributed by atoms with Crippen LogP contribution in [0.5, 0.6) is 0 Å². The van der Waals surface area contributed by atoms with Gasteiger partial charge < -0.3 is 15.0 Å². The van der Waals surface area contributed by atoms with Gasteiger partial charge in [-0.2, -0.15) is 0 Å². The Kier molecular flexibility index (Phi) is 4.01. The smallest absolute Gasteiger partial charge is 0.293 e. The molecule has 1 aromatic heterocycles. The van der Waals surface area contributed by atoms with Crippen LogP contribution >= 0.6 is 0 Å². The van der Waals surface area contributed by atoms with E-state index >= 15 is 0 Å². The number of nitrogens with one attached hydrogen (secondary N) is 1. The monoisotopic (exact) mass is 251 g/mol. The normalized spacial score (nSPS) is 22.9. The van der Waals surface area contributed by atoms with E-state index in [9.17, 15) is 9.90 Å². The van der Waals surface area contributed by atoms with E-state index in [4.69, 9.17) is 0 Å². The molecule has 0 aliphatic heterocycles. The summed E-state index contributed by atoms with van der Waals surface area (Å²) >= 11 is 0. The van der Waals surface area contributed by atoms with Crippen LogP contribution in [0.4, 0.5) is 5.82 Å². The zero-order valence-corrected chi connectivity index (χ0v) is 11.0. The van der Waals surface area contributed by atoms with Crippen molar-refractivity contribution in [1.29, 1.82) is 0 Å². The topological polar surface area (TPSA) is 67.2 Å². The van der Waals surface area contributed by atoms with Crippen molar-refractivity contribution in [1.82, 2.24) is 9.55 Å². The number of anilines is 1. The van der Waals surface area contributed by atoms with E-state index < -0.39 is 0 Å². The molecule has 0 saturated heterocycles. The molecule has 0 amide bonds. The molecule has 0 radical (unpaired) electrons. The lowest BCUT2D eigenvalue weighted by atomic mass is 9.82. The molecule has 100 valence electrons. The lowest BCUT2D eigenvalue weighted by Gasteiger charge is -2.31. The molecule has 1 aliphatic rings. The minimum Gasteiger partial charge on any atom is -0.393 e. The predicted molar refractivity (Wildman–Crippen MR) is 70.6 cm³/mol. The maximum Gasteiger partial charge on any atom is 0.293 e. The highest BCUT2D eigenvalue weighted by molar-refractivity contribution is 5.30. The van der Waals surface area contributed by atoms with E-state index in [-0.39, 0.29) is 11.7 Å². The van der Waals surface area contributed by atoms with Crippen LogP contribution in [-0.2, 0) is 6.54 Å². The molecule has 1 heterocycles. The number of aliphatic hydroxyl groups is 1. The number of hydrogen-bond donors (Lipinski definition) is 2. The second-order valence-electron chi connectivity index (χ2n) is 5.50. The molecule has 18 heavy (non-hydrogen) atoms. The van der Waals surface area contributed by atoms with Crippen molar-refractivity contribution in [2.75, 3.05) is 11.9 Å². The molecule has 1 aliphatic carbocycles. The van der Waals surface area contributed by atoms with Gasteiger partial charge in [0.05, 0.1) is 6.10 Å². The van der Waals surface area contributed by atoms with E-state index in [1.807, 2.05) is 0 Å². The Bertz CT molecular complexity index is 450. The van der Waals surface area contributed by atoms with E-state index in [0.29, 0.717) is 30.7 Å². The van der Waals surface area contributed by atoms with Crippen molar-refractivity contribution in [2.45, 2.75) is 39.3 Å². The van der Waals surface area contributed by atoms with Crippen molar-refractivity contribution >= 4 is 5.82 Å². The third-order valence-electron chi connectivity index (χ3n) is 3.24. The molecule has 1 saturated carbocycles. The number of aliphatic hydroxyl groups excluding tert-OH is 1. The summed E-state index contributed by atoms with van der Waals surface area (Å²) in [5, 5.41) is 12.3. The standard InChI is InChI=1S/C13H21N3O2/c1-9(2)8-16-4-3-14-12(13(16)18)15-7-10-5-11(17)6-10/h3-4,9-11,17H,5-8H2,1-2H3,(H,14,15). The van der Waals surface area contributed by atoms with Crippen LogP contribution in [0.2, 0.25) is 0 Å². The summed E-state index contributed by atoms with van der Waals surface area (Å²) in [6.07, 6.45) is 4.86. The second-order valence-corrected chi connectivity index (χ2v) is 5.50. The van der Waals surface area contributed by atoms with Crippen molar-refractivity contribution in [2.24, 2.45) is 11.8 Å². The number of aromatic nitrogens is 2. The van der Waals surface area contributed by atoms with E-state index in [2.05, 4.69) is 24.1 Å². The summed E-state index contributed by atoms with van der Waals surface area (Å²) in [6, 6.07) is 0. The zero-order chi connectivity index (χ0) is 13.1. The van der Waals surface area contributed by atoms with Crippen LogP contribution in [-0.4, -0.2) is 27.3 Å². The fraction of sp³-hybridized carbons (Fsp3) is 0.692. The second kappa shape index (κ2) is 5.52. The zero-order valence-electron chi connectivity index (χ0n) is 11.0. The molecule has 5 nitrogen and oxygen atoms in total. The molecular weight excluding hydrogens is 230 g/mol. The Hall–Kier alpha value is -1.36. The van der Waals surface area contributed by atoms with Crippen molar-refractivity contribution in [3.05, 3.63) is 22.7 Å². The van der Waals surface area contributed by atoms with Crippen LogP contribution in [0.1, 0.15) is 26.7 Å². The highest BCUT2D eigenvalue weighted by atomic mass is 16.3. The average molecular weight is 251 g/mol. The molecular formula is C13H21N3O2. The predicted octanol–water partition coefficient (Wildman–Crippen LogP) is 1.08. The quantitative estimate of drug-likeness (QED) is 0.822. The van der Waals surface area contributed by atoms with Crippen molar-refractivity contribution in [3.63, 3.8) is 0 Å². The summed E-state index contributed by atoms with van der Waals surface area (Å²) < 4.78 is 1.69. The molecule has 5 heteroatoms. The van der Waals surface area contributed by atoms with Gasteiger partial charge in [-0.25, -0.2) is 4.98 Å². The first-order valence-corrected chi connectivity index (χ1v) is 6.53. The van der Waals surface area contributed by atoms with Crippen LogP contribution in [0.3, 0.4) is 0 Å². The van der Waals surface area contributed by atoms with Gasteiger partial charge in [0.15, 0.2) is 5.82 Å². The molecule has 0 aromatic carbocycles. The van der Waals surface area contributed by atoms with E-state index in [0.717, 1.165) is 12.8 Å². The van der Waals surface area contributed by atoms with Gasteiger partial charge in [-0.05, 0) is 24.7 Å². The van der Waals surface area contributed by atoms with E-state index in [1.54, 1.807) is 17.0 Å². The molecule has 2 rings (SSSR count). The maximum atomic E-state index is 12.1. The Morgan fingerprint density at radius 3 is 2.89 bits per heavy atom. The molecule has 0 unspecified atom stereocenters. The average Bonchev–Trinajstić information content (AvgIpc) is 2.26. The van der Waals surface area contributed by atoms with Gasteiger partial charge in [0, 0.05) is 25.5 Å². The maximum absolute atomic E-state index is 12.1. The molecule has 0 spiro atoms. The van der Waals surface area contributed by atoms with Gasteiger partial charge in [0.2, 0.25) is 0 Å². The van der Waals surface area contributed by atoms with Gasteiger partial charge in [0.25, 0.3) is 5.56 Å². The Morgan fingerprint density at radius 2 is 2.28 bits per heavy atom. The summed E-state index contributed by atoms with van der Waals surface area (Å²) in [7, 11) is 0. The highest BCUT2D eigenvalue weighted by Gasteiger charge is 2.26. The Balaban J connectivity index is 1.97. The first kappa shape index (κ1) is 13.1. The van der Waals surface area contributed by atoms with E-state index in [1.165, 1.54) is 0 Å². The summed E-state index contributed by atoms with van der Waals surface area (Å²) in [5.74, 6) is 1.30. The Labute approximate surface area is 107 Å². The number of nitrogens with zero attached hydrogens (tertiary/aromatic N) is 2. The third kappa shape index (κ3) is 3.10. The van der Waals surface area contributed by atoms with Crippen LogP contribution < -0.4 is 10.9 Å². The van der Waals surface area contributed by atoms with Gasteiger partial charge >= 0.3 is 0 Å². The first-order valence-electron chi connectivity index (χ1n) is 6.53. The van der Waals surface area contributed by atoms with Crippen LogP contribution in [0.15, 0.2) is 17.2 Å².